The minimum atomic E-state index is 0. The summed E-state index contributed by atoms with van der Waals surface area (Å²) in [7, 11) is 0. The number of carbonyl (C=O) groups is 1. The monoisotopic (exact) mass is 365 g/mol. The number of H-pyrrole nitrogens is 1. The quantitative estimate of drug-likeness (QED) is 0.794. The van der Waals surface area contributed by atoms with Crippen LogP contribution in [0.1, 0.15) is 29.0 Å². The van der Waals surface area contributed by atoms with Crippen molar-refractivity contribution in [3.05, 3.63) is 23.5 Å². The predicted octanol–water partition coefficient (Wildman–Crippen LogP) is 1.87. The summed E-state index contributed by atoms with van der Waals surface area (Å²) in [6.45, 7) is 4.74. The second kappa shape index (κ2) is 6.06. The molecule has 0 aliphatic carbocycles. The number of aromatic amines is 1. The van der Waals surface area contributed by atoms with E-state index in [2.05, 4.69) is 25.6 Å². The van der Waals surface area contributed by atoms with Crippen LogP contribution in [0, 0.1) is 18.8 Å². The Morgan fingerprint density at radius 2 is 2.09 bits per heavy atom. The summed E-state index contributed by atoms with van der Waals surface area (Å²) in [6, 6.07) is 3.87. The first-order valence-electron chi connectivity index (χ1n) is 7.57. The van der Waals surface area contributed by atoms with Crippen molar-refractivity contribution in [2.24, 2.45) is 11.8 Å². The second-order valence-electron chi connectivity index (χ2n) is 6.08. The molecule has 0 amide bonds. The molecule has 2 N–H and O–H groups in total. The summed E-state index contributed by atoms with van der Waals surface area (Å²) in [5.41, 5.74) is 5.55. The van der Waals surface area contributed by atoms with Crippen LogP contribution in [-0.4, -0.2) is 45.6 Å². The van der Waals surface area contributed by atoms with E-state index in [-0.39, 0.29) is 28.7 Å². The Bertz CT molecular complexity index is 692. The molecule has 3 aliphatic rings. The molecule has 5 rings (SSSR count). The molecule has 6 nitrogen and oxygen atoms in total. The fourth-order valence-corrected chi connectivity index (χ4v) is 3.53. The highest BCUT2D eigenvalue weighted by molar-refractivity contribution is 8.93. The highest BCUT2D eigenvalue weighted by Crippen LogP contribution is 2.30. The van der Waals surface area contributed by atoms with Crippen molar-refractivity contribution in [2.75, 3.05) is 19.6 Å². The summed E-state index contributed by atoms with van der Waals surface area (Å²) >= 11 is 0. The Hall–Kier alpha value is -1.31. The minimum Gasteiger partial charge on any atom is -0.292 e. The fraction of sp³-hybridized carbons (Fsp3) is 0.533. The van der Waals surface area contributed by atoms with Gasteiger partial charge in [0.15, 0.2) is 11.4 Å². The van der Waals surface area contributed by atoms with Crippen LogP contribution < -0.4 is 5.43 Å². The smallest absolute Gasteiger partial charge is 0.185 e. The first-order valence-corrected chi connectivity index (χ1v) is 7.57. The lowest BCUT2D eigenvalue weighted by molar-refractivity contribution is 0.0867. The largest absolute Gasteiger partial charge is 0.292 e. The average Bonchev–Trinajstić information content (AvgIpc) is 2.68. The average molecular weight is 366 g/mol. The predicted molar refractivity (Wildman–Crippen MR) is 89.1 cm³/mol. The fourth-order valence-electron chi connectivity index (χ4n) is 3.53. The summed E-state index contributed by atoms with van der Waals surface area (Å²) in [4.78, 5) is 17.3. The number of ketones is 1. The Kier molecular flexibility index (Phi) is 4.29. The SMILES string of the molecule is Br.Cc1ccc2c(C(=O)C3CNN4CCC3CC4)[nH]nc2n1. The van der Waals surface area contributed by atoms with Gasteiger partial charge in [0.25, 0.3) is 0 Å². The number of fused-ring (bicyclic) bond motifs is 5. The van der Waals surface area contributed by atoms with Crippen LogP contribution in [0.3, 0.4) is 0 Å². The number of Topliss-reactive ketones (excluding diaryl/α,β-unsaturated/α-hetero) is 1. The van der Waals surface area contributed by atoms with E-state index in [1.807, 2.05) is 19.1 Å². The molecule has 3 saturated heterocycles. The van der Waals surface area contributed by atoms with E-state index >= 15 is 0 Å². The van der Waals surface area contributed by atoms with Crippen LogP contribution in [0.2, 0.25) is 0 Å². The van der Waals surface area contributed by atoms with Gasteiger partial charge in [-0.1, -0.05) is 0 Å². The van der Waals surface area contributed by atoms with Crippen molar-refractivity contribution in [2.45, 2.75) is 19.8 Å². The van der Waals surface area contributed by atoms with Gasteiger partial charge < -0.3 is 0 Å². The molecule has 2 aromatic rings. The zero-order valence-electron chi connectivity index (χ0n) is 12.5. The molecule has 0 spiro atoms. The van der Waals surface area contributed by atoms with Crippen LogP contribution in [0.25, 0.3) is 11.0 Å². The summed E-state index contributed by atoms with van der Waals surface area (Å²) in [5.74, 6) is 0.673. The molecule has 2 aromatic heterocycles. The number of halogens is 1. The van der Waals surface area contributed by atoms with E-state index < -0.39 is 0 Å². The van der Waals surface area contributed by atoms with Gasteiger partial charge in [0.1, 0.15) is 5.69 Å². The highest BCUT2D eigenvalue weighted by atomic mass is 79.9. The maximum Gasteiger partial charge on any atom is 0.185 e. The number of hydrogen-bond donors (Lipinski definition) is 2. The molecule has 0 aromatic carbocycles. The van der Waals surface area contributed by atoms with Crippen molar-refractivity contribution < 1.29 is 4.79 Å². The summed E-state index contributed by atoms with van der Waals surface area (Å²) in [6.07, 6.45) is 2.18. The molecular weight excluding hydrogens is 346 g/mol. The molecule has 3 fully saturated rings. The number of pyridine rings is 1. The first kappa shape index (κ1) is 15.6. The van der Waals surface area contributed by atoms with Crippen LogP contribution in [0.5, 0.6) is 0 Å². The summed E-state index contributed by atoms with van der Waals surface area (Å²) < 4.78 is 0. The van der Waals surface area contributed by atoms with Crippen LogP contribution in [0.15, 0.2) is 12.1 Å². The number of hydrogen-bond acceptors (Lipinski definition) is 5. The lowest BCUT2D eigenvalue weighted by Crippen LogP contribution is -2.39. The van der Waals surface area contributed by atoms with Crippen LogP contribution >= 0.6 is 17.0 Å². The van der Waals surface area contributed by atoms with E-state index in [0.717, 1.165) is 43.6 Å². The van der Waals surface area contributed by atoms with Crippen molar-refractivity contribution >= 4 is 33.8 Å². The normalized spacial score (nSPS) is 27.4. The molecule has 7 heteroatoms. The van der Waals surface area contributed by atoms with E-state index in [9.17, 15) is 4.79 Å². The molecule has 0 saturated carbocycles. The third-order valence-corrected chi connectivity index (χ3v) is 4.78. The van der Waals surface area contributed by atoms with E-state index in [0.29, 0.717) is 17.3 Å². The van der Waals surface area contributed by atoms with Crippen molar-refractivity contribution in [3.63, 3.8) is 0 Å². The number of hydrazine groups is 1. The summed E-state index contributed by atoms with van der Waals surface area (Å²) in [5, 5.41) is 10.2. The van der Waals surface area contributed by atoms with Gasteiger partial charge in [0.2, 0.25) is 0 Å². The van der Waals surface area contributed by atoms with Crippen LogP contribution in [0.4, 0.5) is 0 Å². The molecule has 5 heterocycles. The number of piperidine rings is 1. The molecule has 118 valence electrons. The molecule has 3 aliphatic heterocycles. The number of nitrogens with zero attached hydrogens (tertiary/aromatic N) is 3. The third-order valence-electron chi connectivity index (χ3n) is 4.78. The van der Waals surface area contributed by atoms with Crippen molar-refractivity contribution in [3.8, 4) is 0 Å². The van der Waals surface area contributed by atoms with Gasteiger partial charge >= 0.3 is 0 Å². The van der Waals surface area contributed by atoms with Gasteiger partial charge in [-0.3, -0.25) is 15.3 Å². The minimum absolute atomic E-state index is 0. The first-order chi connectivity index (χ1) is 10.2. The maximum atomic E-state index is 12.9. The Morgan fingerprint density at radius 3 is 2.86 bits per heavy atom. The van der Waals surface area contributed by atoms with Crippen LogP contribution in [-0.2, 0) is 0 Å². The highest BCUT2D eigenvalue weighted by Gasteiger charge is 2.36. The van der Waals surface area contributed by atoms with Gasteiger partial charge in [0.05, 0.1) is 0 Å². The lowest BCUT2D eigenvalue weighted by atomic mass is 9.82. The third kappa shape index (κ3) is 2.57. The Balaban J connectivity index is 0.00000144. The molecule has 2 bridgehead atoms. The number of aryl methyl sites for hydroxylation is 1. The van der Waals surface area contributed by atoms with E-state index in [1.54, 1.807) is 0 Å². The maximum absolute atomic E-state index is 12.9. The molecular formula is C15H20BrN5O. The van der Waals surface area contributed by atoms with Gasteiger partial charge in [-0.25, -0.2) is 9.99 Å². The van der Waals surface area contributed by atoms with Gasteiger partial charge in [0, 0.05) is 36.6 Å². The standard InChI is InChI=1S/C15H19N5O.BrH/c1-9-2-3-11-13(18-19-15(11)17-9)14(21)12-8-16-20-6-4-10(12)5-7-20;/h2-3,10,12,16H,4-8H2,1H3,(H,17,18,19);1H. The molecule has 1 unspecified atom stereocenters. The molecule has 1 atom stereocenters. The van der Waals surface area contributed by atoms with Gasteiger partial charge in [-0.05, 0) is 37.8 Å². The van der Waals surface area contributed by atoms with E-state index in [1.165, 1.54) is 0 Å². The molecule has 0 radical (unpaired) electrons. The number of carbonyl (C=O) groups excluding carboxylic acids is 1. The number of nitrogens with one attached hydrogen (secondary N) is 2. The Labute approximate surface area is 139 Å². The Morgan fingerprint density at radius 1 is 1.32 bits per heavy atom. The van der Waals surface area contributed by atoms with Crippen molar-refractivity contribution in [1.29, 1.82) is 0 Å². The zero-order valence-corrected chi connectivity index (χ0v) is 14.2. The van der Waals surface area contributed by atoms with Crippen molar-refractivity contribution in [1.82, 2.24) is 25.6 Å². The van der Waals surface area contributed by atoms with Gasteiger partial charge in [-0.2, -0.15) is 5.10 Å². The van der Waals surface area contributed by atoms with E-state index in [4.69, 9.17) is 0 Å². The molecule has 22 heavy (non-hydrogen) atoms. The topological polar surface area (TPSA) is 73.9 Å². The number of aromatic nitrogens is 3. The van der Waals surface area contributed by atoms with Gasteiger partial charge in [-0.15, -0.1) is 17.0 Å². The zero-order chi connectivity index (χ0) is 14.4. The second-order valence-corrected chi connectivity index (χ2v) is 6.08. The lowest BCUT2D eigenvalue weighted by Gasteiger charge is -2.27. The number of rotatable bonds is 2.